The third-order valence-electron chi connectivity index (χ3n) is 4.11. The number of hydrogen-bond donors (Lipinski definition) is 1. The van der Waals surface area contributed by atoms with Gasteiger partial charge in [0.1, 0.15) is 22.8 Å². The molecular formula is C20H24ClNO5. The van der Waals surface area contributed by atoms with E-state index in [2.05, 4.69) is 10.1 Å². The van der Waals surface area contributed by atoms with E-state index in [4.69, 9.17) is 20.8 Å². The number of aryl methyl sites for hydroxylation is 2. The summed E-state index contributed by atoms with van der Waals surface area (Å²) >= 11 is 6.18. The van der Waals surface area contributed by atoms with Crippen LogP contribution in [-0.2, 0) is 16.1 Å². The first kappa shape index (κ1) is 20.8. The maximum atomic E-state index is 12.1. The molecule has 1 aromatic carbocycles. The van der Waals surface area contributed by atoms with E-state index >= 15 is 0 Å². The fourth-order valence-electron chi connectivity index (χ4n) is 2.57. The maximum Gasteiger partial charge on any atom is 0.341 e. The minimum Gasteiger partial charge on any atom is -0.483 e. The summed E-state index contributed by atoms with van der Waals surface area (Å²) in [5, 5.41) is 3.38. The molecule has 0 radical (unpaired) electrons. The molecular weight excluding hydrogens is 370 g/mol. The van der Waals surface area contributed by atoms with Crippen molar-refractivity contribution >= 4 is 23.5 Å². The number of benzene rings is 1. The molecule has 0 saturated heterocycles. The van der Waals surface area contributed by atoms with Crippen molar-refractivity contribution < 1.29 is 23.5 Å². The van der Waals surface area contributed by atoms with Gasteiger partial charge in [-0.25, -0.2) is 4.79 Å². The number of esters is 1. The lowest BCUT2D eigenvalue weighted by Gasteiger charge is -2.15. The molecule has 1 N–H and O–H groups in total. The van der Waals surface area contributed by atoms with Gasteiger partial charge in [-0.15, -0.1) is 0 Å². The number of rotatable bonds is 7. The summed E-state index contributed by atoms with van der Waals surface area (Å²) in [7, 11) is 1.30. The van der Waals surface area contributed by atoms with E-state index in [1.165, 1.54) is 7.11 Å². The molecule has 0 aliphatic carbocycles. The topological polar surface area (TPSA) is 77.8 Å². The van der Waals surface area contributed by atoms with E-state index in [1.54, 1.807) is 13.0 Å². The van der Waals surface area contributed by atoms with E-state index in [9.17, 15) is 9.59 Å². The lowest BCUT2D eigenvalue weighted by atomic mass is 10.0. The third kappa shape index (κ3) is 5.26. The number of carbonyl (C=O) groups is 2. The molecule has 1 heterocycles. The van der Waals surface area contributed by atoms with Crippen molar-refractivity contribution in [1.29, 1.82) is 0 Å². The van der Waals surface area contributed by atoms with E-state index in [-0.39, 0.29) is 25.0 Å². The van der Waals surface area contributed by atoms with Crippen molar-refractivity contribution in [2.45, 2.75) is 40.2 Å². The second-order valence-corrected chi connectivity index (χ2v) is 6.94. The number of amides is 1. The van der Waals surface area contributed by atoms with Crippen molar-refractivity contribution in [3.8, 4) is 5.75 Å². The van der Waals surface area contributed by atoms with Gasteiger partial charge in [0, 0.05) is 5.02 Å². The number of halogens is 1. The predicted molar refractivity (Wildman–Crippen MR) is 102 cm³/mol. The minimum absolute atomic E-state index is 0.135. The van der Waals surface area contributed by atoms with Gasteiger partial charge in [0.15, 0.2) is 6.61 Å². The Morgan fingerprint density at radius 2 is 1.93 bits per heavy atom. The highest BCUT2D eigenvalue weighted by atomic mass is 35.5. The number of nitrogens with one attached hydrogen (secondary N) is 1. The molecule has 2 aromatic rings. The Kier molecular flexibility index (Phi) is 6.91. The largest absolute Gasteiger partial charge is 0.483 e. The molecule has 0 fully saturated rings. The van der Waals surface area contributed by atoms with Crippen LogP contribution in [0.15, 0.2) is 22.6 Å². The van der Waals surface area contributed by atoms with Crippen LogP contribution in [0.5, 0.6) is 5.75 Å². The van der Waals surface area contributed by atoms with Crippen LogP contribution in [0.1, 0.15) is 52.8 Å². The fraction of sp³-hybridized carbons (Fsp3) is 0.400. The summed E-state index contributed by atoms with van der Waals surface area (Å²) in [5.41, 5.74) is 2.18. The van der Waals surface area contributed by atoms with Crippen molar-refractivity contribution in [1.82, 2.24) is 5.32 Å². The van der Waals surface area contributed by atoms with Crippen molar-refractivity contribution in [2.24, 2.45) is 0 Å². The number of hydrogen-bond acceptors (Lipinski definition) is 5. The predicted octanol–water partition coefficient (Wildman–Crippen LogP) is 4.16. The number of ether oxygens (including phenoxy) is 2. The van der Waals surface area contributed by atoms with E-state index < -0.39 is 5.97 Å². The van der Waals surface area contributed by atoms with Crippen LogP contribution in [0.3, 0.4) is 0 Å². The smallest absolute Gasteiger partial charge is 0.341 e. The van der Waals surface area contributed by atoms with Crippen molar-refractivity contribution in [2.75, 3.05) is 13.7 Å². The Morgan fingerprint density at radius 3 is 2.56 bits per heavy atom. The summed E-state index contributed by atoms with van der Waals surface area (Å²) in [6.45, 7) is 7.63. The van der Waals surface area contributed by atoms with Gasteiger partial charge in [0.25, 0.3) is 5.91 Å². The Hall–Kier alpha value is -2.47. The Morgan fingerprint density at radius 1 is 1.22 bits per heavy atom. The van der Waals surface area contributed by atoms with Crippen LogP contribution in [0.4, 0.5) is 0 Å². The summed E-state index contributed by atoms with van der Waals surface area (Å²) < 4.78 is 15.8. The van der Waals surface area contributed by atoms with Crippen molar-refractivity contribution in [3.63, 3.8) is 0 Å². The molecule has 0 saturated carbocycles. The third-order valence-corrected chi connectivity index (χ3v) is 4.51. The SMILES string of the molecule is COC(=O)c1cc(CNC(=O)COc2cc(C)c(Cl)cc2C(C)C)oc1C. The monoisotopic (exact) mass is 393 g/mol. The van der Waals surface area contributed by atoms with Gasteiger partial charge < -0.3 is 19.2 Å². The standard InChI is InChI=1S/C20H24ClNO5/c1-11(2)15-8-17(21)12(3)6-18(15)26-10-19(23)22-9-14-7-16(13(4)27-14)20(24)25-5/h6-8,11H,9-10H2,1-5H3,(H,22,23). The van der Waals surface area contributed by atoms with E-state index in [1.807, 2.05) is 32.9 Å². The highest BCUT2D eigenvalue weighted by Gasteiger charge is 2.16. The van der Waals surface area contributed by atoms with Gasteiger partial charge in [-0.2, -0.15) is 0 Å². The molecule has 0 aliphatic heterocycles. The van der Waals surface area contributed by atoms with Gasteiger partial charge in [-0.05, 0) is 49.1 Å². The molecule has 0 atom stereocenters. The average molecular weight is 394 g/mol. The fourth-order valence-corrected chi connectivity index (χ4v) is 2.74. The molecule has 27 heavy (non-hydrogen) atoms. The van der Waals surface area contributed by atoms with E-state index in [0.717, 1.165) is 11.1 Å². The zero-order chi connectivity index (χ0) is 20.1. The van der Waals surface area contributed by atoms with Gasteiger partial charge in [0.2, 0.25) is 0 Å². The molecule has 7 heteroatoms. The maximum absolute atomic E-state index is 12.1. The lowest BCUT2D eigenvalue weighted by molar-refractivity contribution is -0.123. The van der Waals surface area contributed by atoms with Gasteiger partial charge >= 0.3 is 5.97 Å². The summed E-state index contributed by atoms with van der Waals surface area (Å²) in [6.07, 6.45) is 0. The van der Waals surface area contributed by atoms with Crippen LogP contribution >= 0.6 is 11.6 Å². The highest BCUT2D eigenvalue weighted by molar-refractivity contribution is 6.31. The zero-order valence-corrected chi connectivity index (χ0v) is 16.9. The number of furan rings is 1. The number of methoxy groups -OCH3 is 1. The quantitative estimate of drug-likeness (QED) is 0.715. The zero-order valence-electron chi connectivity index (χ0n) is 16.1. The Balaban J connectivity index is 1.96. The number of carbonyl (C=O) groups excluding carboxylic acids is 2. The normalized spacial score (nSPS) is 10.8. The van der Waals surface area contributed by atoms with Gasteiger partial charge in [0.05, 0.1) is 13.7 Å². The Labute approximate surface area is 163 Å². The van der Waals surface area contributed by atoms with Gasteiger partial charge in [-0.3, -0.25) is 4.79 Å². The molecule has 2 rings (SSSR count). The summed E-state index contributed by atoms with van der Waals surface area (Å²) in [4.78, 5) is 23.7. The summed E-state index contributed by atoms with van der Waals surface area (Å²) in [5.74, 6) is 0.988. The molecule has 1 amide bonds. The van der Waals surface area contributed by atoms with Crippen LogP contribution in [0.2, 0.25) is 5.02 Å². The molecule has 0 spiro atoms. The second kappa shape index (κ2) is 8.95. The van der Waals surface area contributed by atoms with Crippen LogP contribution in [0, 0.1) is 13.8 Å². The summed E-state index contributed by atoms with van der Waals surface area (Å²) in [6, 6.07) is 5.26. The molecule has 0 unspecified atom stereocenters. The average Bonchev–Trinajstić information content (AvgIpc) is 3.00. The second-order valence-electron chi connectivity index (χ2n) is 6.53. The minimum atomic E-state index is -0.475. The first-order valence-corrected chi connectivity index (χ1v) is 8.97. The molecule has 6 nitrogen and oxygen atoms in total. The first-order chi connectivity index (χ1) is 12.7. The van der Waals surface area contributed by atoms with Crippen LogP contribution in [-0.4, -0.2) is 25.6 Å². The van der Waals surface area contributed by atoms with Crippen molar-refractivity contribution in [3.05, 3.63) is 51.4 Å². The molecule has 0 aliphatic rings. The van der Waals surface area contributed by atoms with E-state index in [0.29, 0.717) is 27.9 Å². The van der Waals surface area contributed by atoms with Crippen LogP contribution in [0.25, 0.3) is 0 Å². The lowest BCUT2D eigenvalue weighted by Crippen LogP contribution is -2.28. The molecule has 1 aromatic heterocycles. The Bertz CT molecular complexity index is 841. The van der Waals surface area contributed by atoms with Crippen LogP contribution < -0.4 is 10.1 Å². The molecule has 146 valence electrons. The first-order valence-electron chi connectivity index (χ1n) is 8.60. The van der Waals surface area contributed by atoms with Gasteiger partial charge in [-0.1, -0.05) is 25.4 Å². The highest BCUT2D eigenvalue weighted by Crippen LogP contribution is 2.31. The molecule has 0 bridgehead atoms.